The molecular weight excluding hydrogens is 608 g/mol. The van der Waals surface area contributed by atoms with Crippen molar-refractivity contribution in [2.24, 2.45) is 0 Å². The molecule has 12 nitrogen and oxygen atoms in total. The van der Waals surface area contributed by atoms with E-state index in [2.05, 4.69) is 15.9 Å². The number of halogens is 1. The molecule has 0 radical (unpaired) electrons. The first kappa shape index (κ1) is 31.6. The van der Waals surface area contributed by atoms with Crippen molar-refractivity contribution in [1.82, 2.24) is 0 Å². The maximum absolute atomic E-state index is 12.8. The number of ketones is 1. The highest BCUT2D eigenvalue weighted by Gasteiger charge is 2.53. The third-order valence-electron chi connectivity index (χ3n) is 5.75. The second-order valence-corrected chi connectivity index (χ2v) is 10.0. The fourth-order valence-electron chi connectivity index (χ4n) is 4.12. The Labute approximate surface area is 243 Å². The first-order valence-corrected chi connectivity index (χ1v) is 13.2. The van der Waals surface area contributed by atoms with Crippen molar-refractivity contribution >= 4 is 45.6 Å². The number of carbonyl (C=O) groups is 5. The Morgan fingerprint density at radius 1 is 0.805 bits per heavy atom. The number of hydrogen-bond donors (Lipinski definition) is 1. The van der Waals surface area contributed by atoms with Crippen molar-refractivity contribution in [3.63, 3.8) is 0 Å². The number of benzene rings is 2. The molecule has 0 aliphatic carbocycles. The number of ether oxygens (including phenoxy) is 6. The van der Waals surface area contributed by atoms with Gasteiger partial charge in [0.1, 0.15) is 24.2 Å². The van der Waals surface area contributed by atoms with Crippen LogP contribution in [0.25, 0.3) is 0 Å². The lowest BCUT2D eigenvalue weighted by Crippen LogP contribution is -2.63. The minimum atomic E-state index is -1.49. The highest BCUT2D eigenvalue weighted by molar-refractivity contribution is 9.10. The van der Waals surface area contributed by atoms with E-state index in [1.807, 2.05) is 0 Å². The highest BCUT2D eigenvalue weighted by atomic mass is 79.9. The molecule has 2 aromatic carbocycles. The summed E-state index contributed by atoms with van der Waals surface area (Å²) in [6, 6.07) is 11.1. The number of rotatable bonds is 10. The van der Waals surface area contributed by atoms with Gasteiger partial charge in [0.2, 0.25) is 12.4 Å². The fourth-order valence-corrected chi connectivity index (χ4v) is 4.39. The van der Waals surface area contributed by atoms with Crippen LogP contribution in [0.2, 0.25) is 0 Å². The molecule has 41 heavy (non-hydrogen) atoms. The molecule has 1 fully saturated rings. The van der Waals surface area contributed by atoms with E-state index < -0.39 is 61.2 Å². The van der Waals surface area contributed by atoms with Crippen LogP contribution in [0.4, 0.5) is 0 Å². The number of carbonyl (C=O) groups excluding carboxylic acids is 5. The molecule has 2 aromatic rings. The Morgan fingerprint density at radius 3 is 1.95 bits per heavy atom. The molecule has 0 aromatic heterocycles. The van der Waals surface area contributed by atoms with Crippen LogP contribution in [-0.4, -0.2) is 72.1 Å². The third-order valence-corrected chi connectivity index (χ3v) is 6.28. The molecule has 1 aliphatic rings. The van der Waals surface area contributed by atoms with Gasteiger partial charge in [-0.1, -0.05) is 28.1 Å². The summed E-state index contributed by atoms with van der Waals surface area (Å²) in [5.74, 6) is -3.73. The van der Waals surface area contributed by atoms with E-state index in [1.165, 1.54) is 18.2 Å². The van der Waals surface area contributed by atoms with Gasteiger partial charge < -0.3 is 33.5 Å². The van der Waals surface area contributed by atoms with Crippen LogP contribution in [0.15, 0.2) is 46.9 Å². The SMILES string of the molecule is CC(=O)OC[C@H]1O[C@@H](Oc2ccc(C(=O)Cc3ccc(Br)cc3)c(O)c2)[C@H](OC(C)=O)[C@@H](OC(C)=O)[C@@H]1OC(C)=O. The molecule has 1 saturated heterocycles. The van der Waals surface area contributed by atoms with Gasteiger partial charge in [-0.2, -0.15) is 0 Å². The van der Waals surface area contributed by atoms with E-state index in [4.69, 9.17) is 28.4 Å². The Kier molecular flexibility index (Phi) is 10.8. The number of phenols is 1. The summed E-state index contributed by atoms with van der Waals surface area (Å²) in [6.45, 7) is 4.05. The fraction of sp³-hybridized carbons (Fsp3) is 0.393. The van der Waals surface area contributed by atoms with Gasteiger partial charge in [-0.15, -0.1) is 0 Å². The molecule has 1 heterocycles. The summed E-state index contributed by atoms with van der Waals surface area (Å²) < 4.78 is 33.7. The molecule has 0 spiro atoms. The van der Waals surface area contributed by atoms with E-state index in [9.17, 15) is 29.1 Å². The molecule has 0 amide bonds. The predicted molar refractivity (Wildman–Crippen MR) is 143 cm³/mol. The highest BCUT2D eigenvalue weighted by Crippen LogP contribution is 2.33. The van der Waals surface area contributed by atoms with Crippen molar-refractivity contribution in [1.29, 1.82) is 0 Å². The van der Waals surface area contributed by atoms with Crippen molar-refractivity contribution in [3.8, 4) is 11.5 Å². The average molecular weight is 637 g/mol. The van der Waals surface area contributed by atoms with Gasteiger partial charge in [0.15, 0.2) is 18.0 Å². The van der Waals surface area contributed by atoms with Gasteiger partial charge in [-0.3, -0.25) is 24.0 Å². The van der Waals surface area contributed by atoms with Crippen molar-refractivity contribution in [3.05, 3.63) is 58.1 Å². The van der Waals surface area contributed by atoms with Crippen molar-refractivity contribution in [2.75, 3.05) is 6.61 Å². The Morgan fingerprint density at radius 2 is 1.39 bits per heavy atom. The second-order valence-electron chi connectivity index (χ2n) is 9.09. The molecule has 0 saturated carbocycles. The summed E-state index contributed by atoms with van der Waals surface area (Å²) in [5, 5.41) is 10.6. The van der Waals surface area contributed by atoms with Gasteiger partial charge in [-0.05, 0) is 29.8 Å². The van der Waals surface area contributed by atoms with Crippen LogP contribution in [0.3, 0.4) is 0 Å². The smallest absolute Gasteiger partial charge is 0.303 e. The molecule has 0 unspecified atom stereocenters. The summed E-state index contributed by atoms with van der Waals surface area (Å²) in [6.07, 6.45) is -6.86. The van der Waals surface area contributed by atoms with E-state index in [0.717, 1.165) is 37.7 Å². The minimum Gasteiger partial charge on any atom is -0.507 e. The van der Waals surface area contributed by atoms with Gasteiger partial charge in [0.05, 0.1) is 5.56 Å². The van der Waals surface area contributed by atoms with Crippen molar-refractivity contribution in [2.45, 2.75) is 64.8 Å². The van der Waals surface area contributed by atoms with Crippen LogP contribution in [0.5, 0.6) is 11.5 Å². The Balaban J connectivity index is 1.90. The maximum atomic E-state index is 12.8. The second kappa shape index (κ2) is 14.1. The molecule has 1 aliphatic heterocycles. The van der Waals surface area contributed by atoms with Crippen molar-refractivity contribution < 1.29 is 57.5 Å². The molecule has 13 heteroatoms. The lowest BCUT2D eigenvalue weighted by Gasteiger charge is -2.43. The number of aromatic hydroxyl groups is 1. The summed E-state index contributed by atoms with van der Waals surface area (Å²) in [4.78, 5) is 60.1. The predicted octanol–water partition coefficient (Wildman–Crippen LogP) is 3.04. The molecular formula is C28H29BrO12. The van der Waals surface area contributed by atoms with Crippen LogP contribution >= 0.6 is 15.9 Å². The summed E-state index contributed by atoms with van der Waals surface area (Å²) >= 11 is 3.34. The van der Waals surface area contributed by atoms with Gasteiger partial charge in [0, 0.05) is 44.7 Å². The quantitative estimate of drug-likeness (QED) is 0.231. The molecule has 5 atom stereocenters. The molecule has 220 valence electrons. The molecule has 0 bridgehead atoms. The van der Waals surface area contributed by atoms with E-state index in [-0.39, 0.29) is 29.3 Å². The number of phenolic OH excluding ortho intramolecular Hbond substituents is 1. The molecule has 1 N–H and O–H groups in total. The first-order chi connectivity index (χ1) is 19.3. The van der Waals surface area contributed by atoms with Gasteiger partial charge in [0.25, 0.3) is 0 Å². The monoisotopic (exact) mass is 636 g/mol. The minimum absolute atomic E-state index is 0.00333. The summed E-state index contributed by atoms with van der Waals surface area (Å²) in [7, 11) is 0. The van der Waals surface area contributed by atoms with E-state index >= 15 is 0 Å². The number of hydrogen-bond acceptors (Lipinski definition) is 12. The average Bonchev–Trinajstić information content (AvgIpc) is 2.87. The zero-order valence-corrected chi connectivity index (χ0v) is 24.2. The topological polar surface area (TPSA) is 161 Å². The zero-order chi connectivity index (χ0) is 30.3. The number of Topliss-reactive ketones (excluding diaryl/α,β-unsaturated/α-hetero) is 1. The maximum Gasteiger partial charge on any atom is 0.303 e. The Hall–Kier alpha value is -3.97. The van der Waals surface area contributed by atoms with Crippen LogP contribution < -0.4 is 4.74 Å². The van der Waals surface area contributed by atoms with Gasteiger partial charge >= 0.3 is 23.9 Å². The van der Waals surface area contributed by atoms with Crippen LogP contribution in [-0.2, 0) is 49.3 Å². The normalized spacial score (nSPS) is 21.7. The number of esters is 4. The van der Waals surface area contributed by atoms with Gasteiger partial charge in [-0.25, -0.2) is 0 Å². The van der Waals surface area contributed by atoms with Crippen LogP contribution in [0.1, 0.15) is 43.6 Å². The molecule has 3 rings (SSSR count). The van der Waals surface area contributed by atoms with E-state index in [1.54, 1.807) is 24.3 Å². The lowest BCUT2D eigenvalue weighted by molar-refractivity contribution is -0.288. The van der Waals surface area contributed by atoms with E-state index in [0.29, 0.717) is 0 Å². The zero-order valence-electron chi connectivity index (χ0n) is 22.7. The first-order valence-electron chi connectivity index (χ1n) is 12.4. The largest absolute Gasteiger partial charge is 0.507 e. The standard InChI is InChI=1S/C28H29BrO12/c1-14(30)36-13-24-25(37-15(2)31)26(38-16(3)32)27(39-17(4)33)28(41-24)40-20-9-10-21(23(35)12-20)22(34)11-18-5-7-19(29)8-6-18/h5-10,12,24-28,35H,11,13H2,1-4H3/t24-,25-,26+,27-,28-/m1/s1. The Bertz CT molecular complexity index is 1290. The summed E-state index contributed by atoms with van der Waals surface area (Å²) in [5.41, 5.74) is 0.789. The van der Waals surface area contributed by atoms with Crippen LogP contribution in [0, 0.1) is 0 Å². The third kappa shape index (κ3) is 9.02. The lowest BCUT2D eigenvalue weighted by atomic mass is 9.98.